The van der Waals surface area contributed by atoms with Gasteiger partial charge in [0.25, 0.3) is 0 Å². The first-order valence-corrected chi connectivity index (χ1v) is 14.8. The summed E-state index contributed by atoms with van der Waals surface area (Å²) in [7, 11) is 0. The number of ether oxygens (including phenoxy) is 4. The van der Waals surface area contributed by atoms with Crippen LogP contribution in [0.4, 0.5) is 9.18 Å². The first kappa shape index (κ1) is 30.4. The molecule has 234 valence electrons. The molecular weight excluding hydrogens is 579 g/mol. The summed E-state index contributed by atoms with van der Waals surface area (Å²) in [6, 6.07) is 15.0. The Bertz CT molecular complexity index is 1730. The predicted molar refractivity (Wildman–Crippen MR) is 163 cm³/mol. The fourth-order valence-corrected chi connectivity index (χ4v) is 6.22. The normalized spacial score (nSPS) is 23.9. The Morgan fingerprint density at radius 2 is 1.93 bits per heavy atom. The molecule has 0 bridgehead atoms. The average Bonchev–Trinajstić information content (AvgIpc) is 3.69. The number of hydrogen-bond donors (Lipinski definition) is 0. The molecule has 1 aliphatic carbocycles. The summed E-state index contributed by atoms with van der Waals surface area (Å²) in [6.07, 6.45) is 3.36. The van der Waals surface area contributed by atoms with E-state index in [1.807, 2.05) is 54.1 Å². The molecule has 0 radical (unpaired) electrons. The van der Waals surface area contributed by atoms with Crippen LogP contribution in [0.1, 0.15) is 47.9 Å². The van der Waals surface area contributed by atoms with Crippen molar-refractivity contribution in [3.05, 3.63) is 102 Å². The predicted octanol–water partition coefficient (Wildman–Crippen LogP) is 5.80. The minimum atomic E-state index is -1.23. The summed E-state index contributed by atoms with van der Waals surface area (Å²) < 4.78 is 41.4. The molecule has 6 rings (SSSR count). The molecule has 0 N–H and O–H groups in total. The third-order valence-electron chi connectivity index (χ3n) is 8.27. The highest BCUT2D eigenvalue weighted by Gasteiger charge is 2.58. The molecule has 4 aromatic rings. The van der Waals surface area contributed by atoms with Crippen LogP contribution in [0.5, 0.6) is 5.75 Å². The van der Waals surface area contributed by atoms with Crippen molar-refractivity contribution in [2.75, 3.05) is 13.1 Å². The van der Waals surface area contributed by atoms with E-state index in [-0.39, 0.29) is 42.8 Å². The Morgan fingerprint density at radius 1 is 1.16 bits per heavy atom. The second-order valence-corrected chi connectivity index (χ2v) is 11.6. The molecule has 2 fully saturated rings. The van der Waals surface area contributed by atoms with Gasteiger partial charge in [-0.05, 0) is 50.6 Å². The zero-order valence-corrected chi connectivity index (χ0v) is 25.4. The van der Waals surface area contributed by atoms with Gasteiger partial charge in [0.1, 0.15) is 48.5 Å². The van der Waals surface area contributed by atoms with Crippen molar-refractivity contribution >= 4 is 22.9 Å². The van der Waals surface area contributed by atoms with Gasteiger partial charge in [0.15, 0.2) is 11.6 Å². The van der Waals surface area contributed by atoms with Crippen LogP contribution in [0, 0.1) is 12.7 Å². The minimum absolute atomic E-state index is 0.0576. The van der Waals surface area contributed by atoms with E-state index < -0.39 is 36.0 Å². The molecule has 2 aromatic carbocycles. The number of halogens is 1. The molecule has 45 heavy (non-hydrogen) atoms. The molecule has 3 heterocycles. The molecule has 11 heteroatoms. The number of amides is 1. The van der Waals surface area contributed by atoms with Crippen molar-refractivity contribution in [1.82, 2.24) is 19.4 Å². The molecule has 5 atom stereocenters. The van der Waals surface area contributed by atoms with Crippen LogP contribution >= 0.6 is 0 Å². The van der Waals surface area contributed by atoms with Gasteiger partial charge in [0.05, 0.1) is 23.8 Å². The van der Waals surface area contributed by atoms with Gasteiger partial charge in [-0.3, -0.25) is 9.69 Å². The Balaban J connectivity index is 1.28. The van der Waals surface area contributed by atoms with Crippen molar-refractivity contribution in [3.63, 3.8) is 0 Å². The second-order valence-electron chi connectivity index (χ2n) is 11.6. The molecule has 1 amide bonds. The summed E-state index contributed by atoms with van der Waals surface area (Å²) in [5.41, 5.74) is 2.60. The van der Waals surface area contributed by atoms with Gasteiger partial charge in [-0.2, -0.15) is 0 Å². The smallest absolute Gasteiger partial charge is 0.410 e. The van der Waals surface area contributed by atoms with E-state index in [4.69, 9.17) is 18.9 Å². The quantitative estimate of drug-likeness (QED) is 0.163. The number of rotatable bonds is 10. The standard InChI is InChI=1S/C34H35FN4O6/c1-5-14-38(33(41)42-18-23-9-7-6-8-10-23)19-34(4)44-30-27(39-15-13-25-21(2)36-20-37-32(25)39)17-29(31(30)45-34)43-28-12-11-24(35)16-26(28)22(3)40/h5-13,15-16,20,27,29-31H,1,14,17-19H2,2-4H3/t27-,29+,30+,31-,34?/m1/s1. The summed E-state index contributed by atoms with van der Waals surface area (Å²) >= 11 is 0. The molecule has 0 spiro atoms. The molecule has 2 aliphatic rings. The van der Waals surface area contributed by atoms with Gasteiger partial charge in [-0.25, -0.2) is 19.2 Å². The van der Waals surface area contributed by atoms with E-state index in [1.54, 1.807) is 13.0 Å². The second kappa shape index (κ2) is 12.4. The van der Waals surface area contributed by atoms with Crippen molar-refractivity contribution in [2.45, 2.75) is 63.9 Å². The van der Waals surface area contributed by atoms with Gasteiger partial charge < -0.3 is 23.5 Å². The highest BCUT2D eigenvalue weighted by molar-refractivity contribution is 5.96. The Labute approximate surface area is 260 Å². The maximum absolute atomic E-state index is 14.1. The van der Waals surface area contributed by atoms with Crippen LogP contribution in [0.3, 0.4) is 0 Å². The van der Waals surface area contributed by atoms with E-state index in [0.717, 1.165) is 22.3 Å². The molecule has 1 unspecified atom stereocenters. The van der Waals surface area contributed by atoms with Crippen LogP contribution in [0.25, 0.3) is 11.0 Å². The van der Waals surface area contributed by atoms with Crippen LogP contribution in [-0.4, -0.2) is 68.5 Å². The number of benzene rings is 2. The zero-order chi connectivity index (χ0) is 31.7. The third kappa shape index (κ3) is 6.18. The van der Waals surface area contributed by atoms with Gasteiger partial charge in [0.2, 0.25) is 0 Å². The molecule has 2 aromatic heterocycles. The maximum Gasteiger partial charge on any atom is 0.410 e. The van der Waals surface area contributed by atoms with Crippen molar-refractivity contribution in [3.8, 4) is 5.75 Å². The molecular formula is C34H35FN4O6. The number of nitrogens with zero attached hydrogens (tertiary/aromatic N) is 4. The number of ketones is 1. The SMILES string of the molecule is C=CCN(CC1(C)O[C@@H]2[C@H](O1)[C@@H](Oc1ccc(F)cc1C(C)=O)C[C@H]2n1ccc2c(C)ncnc21)C(=O)OCc1ccccc1. The lowest BCUT2D eigenvalue weighted by molar-refractivity contribution is -0.185. The lowest BCUT2D eigenvalue weighted by Gasteiger charge is -2.32. The van der Waals surface area contributed by atoms with E-state index >= 15 is 0 Å². The average molecular weight is 615 g/mol. The fraction of sp³-hybridized carbons (Fsp3) is 0.353. The minimum Gasteiger partial charge on any atom is -0.487 e. The van der Waals surface area contributed by atoms with E-state index in [0.29, 0.717) is 6.42 Å². The number of Topliss-reactive ketones (excluding diaryl/α,β-unsaturated/α-hetero) is 1. The topological polar surface area (TPSA) is 105 Å². The van der Waals surface area contributed by atoms with E-state index in [9.17, 15) is 14.0 Å². The van der Waals surface area contributed by atoms with Gasteiger partial charge in [0, 0.05) is 24.5 Å². The number of aromatic nitrogens is 3. The van der Waals surface area contributed by atoms with Crippen molar-refractivity contribution < 1.29 is 32.9 Å². The van der Waals surface area contributed by atoms with Gasteiger partial charge in [-0.15, -0.1) is 6.58 Å². The lowest BCUT2D eigenvalue weighted by Crippen LogP contribution is -2.46. The monoisotopic (exact) mass is 614 g/mol. The summed E-state index contributed by atoms with van der Waals surface area (Å²) in [6.45, 7) is 9.26. The number of hydrogen-bond acceptors (Lipinski definition) is 8. The highest BCUT2D eigenvalue weighted by atomic mass is 19.1. The first-order chi connectivity index (χ1) is 21.7. The number of fused-ring (bicyclic) bond motifs is 2. The zero-order valence-electron chi connectivity index (χ0n) is 25.4. The Hall–Kier alpha value is -4.61. The molecule has 1 aliphatic heterocycles. The summed E-state index contributed by atoms with van der Waals surface area (Å²) in [5, 5.41) is 0.913. The fourth-order valence-electron chi connectivity index (χ4n) is 6.22. The third-order valence-corrected chi connectivity index (χ3v) is 8.27. The number of carbonyl (C=O) groups excluding carboxylic acids is 2. The van der Waals surface area contributed by atoms with Crippen molar-refractivity contribution in [2.24, 2.45) is 0 Å². The maximum atomic E-state index is 14.1. The lowest BCUT2D eigenvalue weighted by atomic mass is 10.1. The summed E-state index contributed by atoms with van der Waals surface area (Å²) in [5.74, 6) is -1.82. The molecule has 10 nitrogen and oxygen atoms in total. The van der Waals surface area contributed by atoms with Crippen LogP contribution in [0.2, 0.25) is 0 Å². The van der Waals surface area contributed by atoms with Crippen LogP contribution in [0.15, 0.2) is 79.8 Å². The van der Waals surface area contributed by atoms with E-state index in [2.05, 4.69) is 16.5 Å². The Kier molecular flexibility index (Phi) is 8.39. The van der Waals surface area contributed by atoms with Crippen LogP contribution in [-0.2, 0) is 20.8 Å². The first-order valence-electron chi connectivity index (χ1n) is 14.8. The number of aryl methyl sites for hydroxylation is 1. The molecule has 1 saturated carbocycles. The van der Waals surface area contributed by atoms with E-state index in [1.165, 1.54) is 36.4 Å². The highest BCUT2D eigenvalue weighted by Crippen LogP contribution is 2.47. The summed E-state index contributed by atoms with van der Waals surface area (Å²) in [4.78, 5) is 35.9. The molecule has 1 saturated heterocycles. The van der Waals surface area contributed by atoms with Crippen molar-refractivity contribution in [1.29, 1.82) is 0 Å². The Morgan fingerprint density at radius 3 is 2.69 bits per heavy atom. The largest absolute Gasteiger partial charge is 0.487 e. The van der Waals surface area contributed by atoms with Gasteiger partial charge in [-0.1, -0.05) is 36.4 Å². The van der Waals surface area contributed by atoms with Crippen LogP contribution < -0.4 is 4.74 Å². The number of carbonyl (C=O) groups is 2. The van der Waals surface area contributed by atoms with Gasteiger partial charge >= 0.3 is 6.09 Å².